The molecule has 5 N–H and O–H groups in total. The largest absolute Gasteiger partial charge is 0.483 e. The van der Waals surface area contributed by atoms with Crippen molar-refractivity contribution in [2.24, 2.45) is 11.7 Å². The summed E-state index contributed by atoms with van der Waals surface area (Å²) in [5, 5.41) is 19.1. The maximum atomic E-state index is 10.9. The van der Waals surface area contributed by atoms with Gasteiger partial charge in [0.05, 0.1) is 12.2 Å². The van der Waals surface area contributed by atoms with Gasteiger partial charge in [0, 0.05) is 19.3 Å². The molecular weight excluding hydrogens is 300 g/mol. The van der Waals surface area contributed by atoms with Crippen molar-refractivity contribution in [2.75, 3.05) is 38.1 Å². The highest BCUT2D eigenvalue weighted by Gasteiger charge is 2.18. The van der Waals surface area contributed by atoms with Crippen LogP contribution in [-0.4, -0.2) is 65.3 Å². The first-order valence-corrected chi connectivity index (χ1v) is 7.51. The Morgan fingerprint density at radius 1 is 1.43 bits per heavy atom. The standard InChI is InChI=1S/C14H22N4O2.CH2O2/c15-14(20)12-1-2-13(17-10-12)16-9-11-3-5-18(6-4-11)7-8-19;2-1-3/h1-2,10-11,19H,3-9H2,(H2,15,20)(H,16,17);1H,(H,2,3). The van der Waals surface area contributed by atoms with E-state index in [9.17, 15) is 4.79 Å². The summed E-state index contributed by atoms with van der Waals surface area (Å²) < 4.78 is 0. The summed E-state index contributed by atoms with van der Waals surface area (Å²) in [6.07, 6.45) is 3.76. The summed E-state index contributed by atoms with van der Waals surface area (Å²) in [7, 11) is 0. The number of aliphatic hydroxyl groups is 1. The normalized spacial score (nSPS) is 15.3. The molecule has 128 valence electrons. The van der Waals surface area contributed by atoms with Crippen molar-refractivity contribution >= 4 is 18.2 Å². The van der Waals surface area contributed by atoms with E-state index in [1.54, 1.807) is 12.1 Å². The van der Waals surface area contributed by atoms with Crippen LogP contribution >= 0.6 is 0 Å². The summed E-state index contributed by atoms with van der Waals surface area (Å²) in [6.45, 7) is 3.73. The molecule has 1 saturated heterocycles. The van der Waals surface area contributed by atoms with E-state index in [2.05, 4.69) is 15.2 Å². The van der Waals surface area contributed by atoms with Crippen LogP contribution in [-0.2, 0) is 4.79 Å². The number of carbonyl (C=O) groups excluding carboxylic acids is 1. The first-order valence-electron chi connectivity index (χ1n) is 7.51. The van der Waals surface area contributed by atoms with Crippen LogP contribution in [0.2, 0.25) is 0 Å². The Morgan fingerprint density at radius 2 is 2.09 bits per heavy atom. The number of nitrogens with two attached hydrogens (primary N) is 1. The minimum atomic E-state index is -0.458. The first kappa shape index (κ1) is 18.9. The van der Waals surface area contributed by atoms with E-state index in [0.29, 0.717) is 11.5 Å². The third kappa shape index (κ3) is 7.07. The number of β-amino-alcohol motifs (C(OH)–C–C–N with tert-alkyl or cyclic N) is 1. The Morgan fingerprint density at radius 3 is 2.57 bits per heavy atom. The SMILES string of the molecule is NC(=O)c1ccc(NCC2CCN(CCO)CC2)nc1.O=CO. The Kier molecular flexibility index (Phi) is 8.63. The second-order valence-corrected chi connectivity index (χ2v) is 5.29. The second-order valence-electron chi connectivity index (χ2n) is 5.29. The Balaban J connectivity index is 0.000000816. The van der Waals surface area contributed by atoms with Gasteiger partial charge in [-0.1, -0.05) is 0 Å². The van der Waals surface area contributed by atoms with E-state index >= 15 is 0 Å². The number of anilines is 1. The van der Waals surface area contributed by atoms with E-state index in [1.807, 2.05) is 0 Å². The molecule has 0 aliphatic carbocycles. The molecule has 1 amide bonds. The second kappa shape index (κ2) is 10.5. The summed E-state index contributed by atoms with van der Waals surface area (Å²) in [5.41, 5.74) is 5.59. The lowest BCUT2D eigenvalue weighted by atomic mass is 9.97. The number of nitrogens with one attached hydrogen (secondary N) is 1. The van der Waals surface area contributed by atoms with Crippen LogP contribution < -0.4 is 11.1 Å². The number of pyridine rings is 1. The van der Waals surface area contributed by atoms with Gasteiger partial charge in [0.25, 0.3) is 6.47 Å². The molecule has 0 radical (unpaired) electrons. The number of aliphatic hydroxyl groups excluding tert-OH is 1. The third-order valence-electron chi connectivity index (χ3n) is 3.74. The number of hydrogen-bond donors (Lipinski definition) is 4. The molecule has 0 unspecified atom stereocenters. The monoisotopic (exact) mass is 324 g/mol. The van der Waals surface area contributed by atoms with Crippen molar-refractivity contribution in [3.8, 4) is 0 Å². The van der Waals surface area contributed by atoms with E-state index in [1.165, 1.54) is 6.20 Å². The molecule has 0 bridgehead atoms. The lowest BCUT2D eigenvalue weighted by Crippen LogP contribution is -2.37. The fourth-order valence-electron chi connectivity index (χ4n) is 2.45. The van der Waals surface area contributed by atoms with Gasteiger partial charge in [0.2, 0.25) is 5.91 Å². The van der Waals surface area contributed by atoms with E-state index in [-0.39, 0.29) is 13.1 Å². The van der Waals surface area contributed by atoms with Gasteiger partial charge < -0.3 is 26.2 Å². The van der Waals surface area contributed by atoms with Gasteiger partial charge in [-0.25, -0.2) is 4.98 Å². The number of rotatable bonds is 6. The first-order chi connectivity index (χ1) is 11.1. The zero-order chi connectivity index (χ0) is 17.1. The highest BCUT2D eigenvalue weighted by Crippen LogP contribution is 2.17. The maximum Gasteiger partial charge on any atom is 0.290 e. The molecule has 1 aromatic rings. The van der Waals surface area contributed by atoms with E-state index in [0.717, 1.165) is 44.8 Å². The summed E-state index contributed by atoms with van der Waals surface area (Å²) in [5.74, 6) is 0.940. The molecule has 1 aromatic heterocycles. The summed E-state index contributed by atoms with van der Waals surface area (Å²) >= 11 is 0. The fraction of sp³-hybridized carbons (Fsp3) is 0.533. The van der Waals surface area contributed by atoms with Gasteiger partial charge in [0.15, 0.2) is 0 Å². The van der Waals surface area contributed by atoms with Crippen LogP contribution in [0.5, 0.6) is 0 Å². The number of amides is 1. The van der Waals surface area contributed by atoms with Crippen molar-refractivity contribution in [1.82, 2.24) is 9.88 Å². The molecule has 0 spiro atoms. The third-order valence-corrected chi connectivity index (χ3v) is 3.74. The summed E-state index contributed by atoms with van der Waals surface area (Å²) in [4.78, 5) is 25.8. The number of aromatic nitrogens is 1. The smallest absolute Gasteiger partial charge is 0.290 e. The summed E-state index contributed by atoms with van der Waals surface area (Å²) in [6, 6.07) is 3.46. The Bertz CT molecular complexity index is 473. The van der Waals surface area contributed by atoms with Crippen LogP contribution in [0.25, 0.3) is 0 Å². The average Bonchev–Trinajstić information content (AvgIpc) is 2.56. The van der Waals surface area contributed by atoms with Crippen molar-refractivity contribution in [2.45, 2.75) is 12.8 Å². The molecule has 1 fully saturated rings. The van der Waals surface area contributed by atoms with Crippen molar-refractivity contribution < 1.29 is 19.8 Å². The quantitative estimate of drug-likeness (QED) is 0.542. The van der Waals surface area contributed by atoms with Crippen LogP contribution in [0.4, 0.5) is 5.82 Å². The van der Waals surface area contributed by atoms with Gasteiger partial charge in [0.1, 0.15) is 5.82 Å². The molecular formula is C15H24N4O4. The minimum Gasteiger partial charge on any atom is -0.483 e. The van der Waals surface area contributed by atoms with Gasteiger partial charge in [-0.2, -0.15) is 0 Å². The molecule has 0 atom stereocenters. The zero-order valence-electron chi connectivity index (χ0n) is 13.0. The van der Waals surface area contributed by atoms with Crippen LogP contribution in [0.3, 0.4) is 0 Å². The Labute approximate surface area is 135 Å². The highest BCUT2D eigenvalue weighted by molar-refractivity contribution is 5.92. The van der Waals surface area contributed by atoms with Gasteiger partial charge >= 0.3 is 0 Å². The van der Waals surface area contributed by atoms with Gasteiger partial charge in [-0.3, -0.25) is 9.59 Å². The molecule has 0 saturated carbocycles. The number of primary amides is 1. The Hall–Kier alpha value is -2.19. The van der Waals surface area contributed by atoms with E-state index < -0.39 is 5.91 Å². The molecule has 2 rings (SSSR count). The van der Waals surface area contributed by atoms with Crippen LogP contribution in [0.15, 0.2) is 18.3 Å². The number of piperidine rings is 1. The van der Waals surface area contributed by atoms with Gasteiger partial charge in [-0.15, -0.1) is 0 Å². The number of likely N-dealkylation sites (tertiary alicyclic amines) is 1. The highest BCUT2D eigenvalue weighted by atomic mass is 16.3. The molecule has 23 heavy (non-hydrogen) atoms. The van der Waals surface area contributed by atoms with Crippen molar-refractivity contribution in [1.29, 1.82) is 0 Å². The number of nitrogens with zero attached hydrogens (tertiary/aromatic N) is 2. The molecule has 2 heterocycles. The zero-order valence-corrected chi connectivity index (χ0v) is 13.0. The lowest BCUT2D eigenvalue weighted by molar-refractivity contribution is -0.122. The van der Waals surface area contributed by atoms with Crippen LogP contribution in [0, 0.1) is 5.92 Å². The molecule has 1 aliphatic heterocycles. The molecule has 0 aromatic carbocycles. The number of carbonyl (C=O) groups is 2. The van der Waals surface area contributed by atoms with Gasteiger partial charge in [-0.05, 0) is 44.0 Å². The predicted molar refractivity (Wildman–Crippen MR) is 86.2 cm³/mol. The molecule has 8 nitrogen and oxygen atoms in total. The number of carboxylic acid groups (broad SMARTS) is 1. The van der Waals surface area contributed by atoms with Crippen molar-refractivity contribution in [3.05, 3.63) is 23.9 Å². The minimum absolute atomic E-state index is 0.235. The number of hydrogen-bond acceptors (Lipinski definition) is 6. The topological polar surface area (TPSA) is 129 Å². The molecule has 1 aliphatic rings. The van der Waals surface area contributed by atoms with E-state index in [4.69, 9.17) is 20.7 Å². The fourth-order valence-corrected chi connectivity index (χ4v) is 2.45. The van der Waals surface area contributed by atoms with Crippen LogP contribution in [0.1, 0.15) is 23.2 Å². The molecule has 8 heteroatoms. The predicted octanol–water partition coefficient (Wildman–Crippen LogP) is -0.00250. The lowest BCUT2D eigenvalue weighted by Gasteiger charge is -2.31. The maximum absolute atomic E-state index is 10.9. The van der Waals surface area contributed by atoms with Crippen molar-refractivity contribution in [3.63, 3.8) is 0 Å². The average molecular weight is 324 g/mol.